The smallest absolute Gasteiger partial charge is 0.274 e. The first kappa shape index (κ1) is 14.8. The summed E-state index contributed by atoms with van der Waals surface area (Å²) in [6.07, 6.45) is 1.98. The van der Waals surface area contributed by atoms with Crippen LogP contribution >= 0.6 is 0 Å². The van der Waals surface area contributed by atoms with Gasteiger partial charge in [0.05, 0.1) is 0 Å². The second kappa shape index (κ2) is 6.20. The fourth-order valence-electron chi connectivity index (χ4n) is 2.93. The third-order valence-corrected chi connectivity index (χ3v) is 3.68. The molecule has 110 valence electrons. The molecule has 0 aliphatic carbocycles. The van der Waals surface area contributed by atoms with Crippen molar-refractivity contribution in [2.24, 2.45) is 11.8 Å². The maximum Gasteiger partial charge on any atom is 0.274 e. The van der Waals surface area contributed by atoms with E-state index in [2.05, 4.69) is 18.9 Å². The van der Waals surface area contributed by atoms with Crippen molar-refractivity contribution in [2.75, 3.05) is 13.1 Å². The van der Waals surface area contributed by atoms with Crippen LogP contribution in [0, 0.1) is 11.8 Å². The summed E-state index contributed by atoms with van der Waals surface area (Å²) in [6, 6.07) is 2.98. The van der Waals surface area contributed by atoms with E-state index in [1.54, 1.807) is 6.07 Å². The molecule has 1 aliphatic heterocycles. The molecule has 0 N–H and O–H groups in total. The number of hydrogen-bond acceptors (Lipinski definition) is 3. The molecule has 0 saturated carbocycles. The molecule has 5 nitrogen and oxygen atoms in total. The van der Waals surface area contributed by atoms with E-state index in [0.717, 1.165) is 25.9 Å². The third kappa shape index (κ3) is 3.26. The Balaban J connectivity index is 2.20. The van der Waals surface area contributed by atoms with E-state index in [1.807, 2.05) is 11.8 Å². The highest BCUT2D eigenvalue weighted by Crippen LogP contribution is 2.21. The Kier molecular flexibility index (Phi) is 4.57. The molecule has 0 radical (unpaired) electrons. The van der Waals surface area contributed by atoms with Crippen molar-refractivity contribution in [1.82, 2.24) is 14.7 Å². The van der Waals surface area contributed by atoms with Gasteiger partial charge < -0.3 is 4.90 Å². The Labute approximate surface area is 119 Å². The summed E-state index contributed by atoms with van der Waals surface area (Å²) in [7, 11) is 0. The van der Waals surface area contributed by atoms with Crippen LogP contribution in [0.2, 0.25) is 0 Å². The molecule has 20 heavy (non-hydrogen) atoms. The molecule has 2 unspecified atom stereocenters. The topological polar surface area (TPSA) is 55.2 Å². The number of carbonyl (C=O) groups excluding carboxylic acids is 1. The average Bonchev–Trinajstić information content (AvgIpc) is 2.39. The van der Waals surface area contributed by atoms with E-state index in [0.29, 0.717) is 24.1 Å². The summed E-state index contributed by atoms with van der Waals surface area (Å²) in [4.78, 5) is 26.0. The summed E-state index contributed by atoms with van der Waals surface area (Å²) >= 11 is 0. The van der Waals surface area contributed by atoms with Crippen LogP contribution in [0.3, 0.4) is 0 Å². The minimum atomic E-state index is -0.149. The van der Waals surface area contributed by atoms with Crippen LogP contribution in [0.25, 0.3) is 0 Å². The molecular formula is C15H23N3O2. The lowest BCUT2D eigenvalue weighted by atomic mass is 9.92. The molecule has 1 fully saturated rings. The van der Waals surface area contributed by atoms with Gasteiger partial charge in [-0.15, -0.1) is 0 Å². The molecule has 1 amide bonds. The van der Waals surface area contributed by atoms with Gasteiger partial charge in [0.25, 0.3) is 11.5 Å². The first-order valence-corrected chi connectivity index (χ1v) is 7.38. The van der Waals surface area contributed by atoms with Crippen molar-refractivity contribution in [3.63, 3.8) is 0 Å². The van der Waals surface area contributed by atoms with E-state index in [4.69, 9.17) is 0 Å². The molecule has 1 saturated heterocycles. The minimum absolute atomic E-state index is 0.0618. The Morgan fingerprint density at radius 3 is 2.55 bits per heavy atom. The van der Waals surface area contributed by atoms with E-state index in [-0.39, 0.29) is 11.5 Å². The van der Waals surface area contributed by atoms with Gasteiger partial charge in [-0.1, -0.05) is 20.8 Å². The van der Waals surface area contributed by atoms with E-state index < -0.39 is 0 Å². The SMILES string of the molecule is CCCn1nc(C(=O)N2CC(C)CC(C)C2)ccc1=O. The lowest BCUT2D eigenvalue weighted by molar-refractivity contribution is 0.0614. The Hall–Kier alpha value is -1.65. The van der Waals surface area contributed by atoms with Gasteiger partial charge in [-0.25, -0.2) is 4.68 Å². The molecule has 0 aromatic carbocycles. The van der Waals surface area contributed by atoms with Crippen LogP contribution < -0.4 is 5.56 Å². The predicted molar refractivity (Wildman–Crippen MR) is 77.6 cm³/mol. The fraction of sp³-hybridized carbons (Fsp3) is 0.667. The van der Waals surface area contributed by atoms with Gasteiger partial charge in [0.1, 0.15) is 5.69 Å². The highest BCUT2D eigenvalue weighted by atomic mass is 16.2. The molecule has 2 rings (SSSR count). The number of aromatic nitrogens is 2. The number of nitrogens with zero attached hydrogens (tertiary/aromatic N) is 3. The molecule has 0 spiro atoms. The maximum atomic E-state index is 12.5. The number of hydrogen-bond donors (Lipinski definition) is 0. The van der Waals surface area contributed by atoms with E-state index >= 15 is 0 Å². The van der Waals surface area contributed by atoms with Crippen molar-refractivity contribution in [3.05, 3.63) is 28.2 Å². The number of rotatable bonds is 3. The van der Waals surface area contributed by atoms with E-state index in [1.165, 1.54) is 10.7 Å². The maximum absolute atomic E-state index is 12.5. The molecule has 0 bridgehead atoms. The number of aryl methyl sites for hydroxylation is 1. The van der Waals surface area contributed by atoms with Gasteiger partial charge in [-0.3, -0.25) is 9.59 Å². The summed E-state index contributed by atoms with van der Waals surface area (Å²) in [5.41, 5.74) is 0.225. The van der Waals surface area contributed by atoms with Crippen LogP contribution in [0.4, 0.5) is 0 Å². The molecular weight excluding hydrogens is 254 g/mol. The Bertz CT molecular complexity index is 528. The zero-order chi connectivity index (χ0) is 14.7. The monoisotopic (exact) mass is 277 g/mol. The minimum Gasteiger partial charge on any atom is -0.337 e. The first-order chi connectivity index (χ1) is 9.51. The molecule has 5 heteroatoms. The summed E-state index contributed by atoms with van der Waals surface area (Å²) in [6.45, 7) is 8.42. The van der Waals surface area contributed by atoms with Crippen molar-refractivity contribution < 1.29 is 4.79 Å². The van der Waals surface area contributed by atoms with Gasteiger partial charge in [-0.2, -0.15) is 5.10 Å². The number of amides is 1. The van der Waals surface area contributed by atoms with Crippen LogP contribution in [-0.2, 0) is 6.54 Å². The molecule has 1 aromatic rings. The van der Waals surface area contributed by atoms with E-state index in [9.17, 15) is 9.59 Å². The molecule has 2 atom stereocenters. The number of likely N-dealkylation sites (tertiary alicyclic amines) is 1. The van der Waals surface area contributed by atoms with Crippen molar-refractivity contribution in [3.8, 4) is 0 Å². The fourth-order valence-corrected chi connectivity index (χ4v) is 2.93. The quantitative estimate of drug-likeness (QED) is 0.846. The first-order valence-electron chi connectivity index (χ1n) is 7.38. The molecule has 1 aromatic heterocycles. The average molecular weight is 277 g/mol. The number of piperidine rings is 1. The number of carbonyl (C=O) groups is 1. The zero-order valence-electron chi connectivity index (χ0n) is 12.5. The van der Waals surface area contributed by atoms with Crippen LogP contribution in [0.1, 0.15) is 44.1 Å². The van der Waals surface area contributed by atoms with Crippen molar-refractivity contribution in [2.45, 2.75) is 40.2 Å². The van der Waals surface area contributed by atoms with Crippen molar-refractivity contribution >= 4 is 5.91 Å². The van der Waals surface area contributed by atoms with Crippen molar-refractivity contribution in [1.29, 1.82) is 0 Å². The van der Waals surface area contributed by atoms with Gasteiger partial charge in [0.15, 0.2) is 0 Å². The van der Waals surface area contributed by atoms with Gasteiger partial charge in [0.2, 0.25) is 0 Å². The second-order valence-electron chi connectivity index (χ2n) is 5.94. The highest BCUT2D eigenvalue weighted by molar-refractivity contribution is 5.92. The Morgan fingerprint density at radius 1 is 1.30 bits per heavy atom. The lowest BCUT2D eigenvalue weighted by Gasteiger charge is -2.34. The molecule has 1 aliphatic rings. The van der Waals surface area contributed by atoms with Crippen LogP contribution in [0.15, 0.2) is 16.9 Å². The summed E-state index contributed by atoms with van der Waals surface area (Å²) < 4.78 is 1.38. The van der Waals surface area contributed by atoms with Gasteiger partial charge in [-0.05, 0) is 30.7 Å². The predicted octanol–water partition coefficient (Wildman–Crippen LogP) is 1.77. The second-order valence-corrected chi connectivity index (χ2v) is 5.94. The normalized spacial score (nSPS) is 22.9. The van der Waals surface area contributed by atoms with Crippen LogP contribution in [0.5, 0.6) is 0 Å². The summed E-state index contributed by atoms with van der Waals surface area (Å²) in [5, 5.41) is 4.20. The largest absolute Gasteiger partial charge is 0.337 e. The van der Waals surface area contributed by atoms with Crippen LogP contribution in [-0.4, -0.2) is 33.7 Å². The Morgan fingerprint density at radius 2 is 1.95 bits per heavy atom. The molecule has 2 heterocycles. The summed E-state index contributed by atoms with van der Waals surface area (Å²) in [5.74, 6) is 0.974. The standard InChI is InChI=1S/C15H23N3O2/c1-4-7-18-14(19)6-5-13(16-18)15(20)17-9-11(2)8-12(3)10-17/h5-6,11-12H,4,7-10H2,1-3H3. The zero-order valence-corrected chi connectivity index (χ0v) is 12.5. The van der Waals surface area contributed by atoms with Gasteiger partial charge >= 0.3 is 0 Å². The third-order valence-electron chi connectivity index (χ3n) is 3.68. The van der Waals surface area contributed by atoms with Gasteiger partial charge in [0, 0.05) is 25.7 Å². The lowest BCUT2D eigenvalue weighted by Crippen LogP contribution is -2.43. The highest BCUT2D eigenvalue weighted by Gasteiger charge is 2.27.